The molecule has 110 valence electrons. The topological polar surface area (TPSA) is 91.0 Å². The van der Waals surface area contributed by atoms with Crippen LogP contribution < -0.4 is 5.73 Å². The van der Waals surface area contributed by atoms with E-state index >= 15 is 0 Å². The number of halogens is 1. The molecule has 7 heteroatoms. The second-order valence-corrected chi connectivity index (χ2v) is 5.35. The molecule has 3 rings (SSSR count). The summed E-state index contributed by atoms with van der Waals surface area (Å²) in [5.74, 6) is 1.99. The molecule has 1 saturated carbocycles. The van der Waals surface area contributed by atoms with Gasteiger partial charge in [-0.1, -0.05) is 23.2 Å². The summed E-state index contributed by atoms with van der Waals surface area (Å²) in [6.45, 7) is 3.79. The van der Waals surface area contributed by atoms with E-state index in [1.807, 2.05) is 13.8 Å². The number of nitrogens with zero attached hydrogens (tertiary/aromatic N) is 3. The van der Waals surface area contributed by atoms with Crippen molar-refractivity contribution in [2.45, 2.75) is 51.5 Å². The van der Waals surface area contributed by atoms with Crippen LogP contribution in [0.15, 0.2) is 9.05 Å². The molecule has 2 aromatic rings. The maximum atomic E-state index is 6.31. The molecule has 0 unspecified atom stereocenters. The Hall–Kier alpha value is -1.40. The normalized spacial score (nSPS) is 17.1. The van der Waals surface area contributed by atoms with Gasteiger partial charge in [-0.25, -0.2) is 0 Å². The Morgan fingerprint density at radius 3 is 2.45 bits per heavy atom. The third-order valence-corrected chi connectivity index (χ3v) is 3.92. The maximum Gasteiger partial charge on any atom is 0.231 e. The van der Waals surface area contributed by atoms with Crippen LogP contribution in [0.25, 0.3) is 0 Å². The summed E-state index contributed by atoms with van der Waals surface area (Å²) in [5.41, 5.74) is 7.78. The summed E-state index contributed by atoms with van der Waals surface area (Å²) < 4.78 is 10.4. The van der Waals surface area contributed by atoms with Crippen molar-refractivity contribution < 1.29 is 9.05 Å². The Morgan fingerprint density at radius 2 is 1.85 bits per heavy atom. The average molecular weight is 299 g/mol. The summed E-state index contributed by atoms with van der Waals surface area (Å²) in [6, 6.07) is 0. The summed E-state index contributed by atoms with van der Waals surface area (Å²) >= 11 is 0. The molecule has 0 spiro atoms. The van der Waals surface area contributed by atoms with E-state index in [1.165, 1.54) is 0 Å². The lowest BCUT2D eigenvalue weighted by molar-refractivity contribution is 0.351. The Bertz CT molecular complexity index is 567. The molecule has 1 aliphatic rings. The standard InChI is InChI=1S/C13H18N4O2.ClH/c1-8-10(9(2)18-16-8)7-11-15-12(17-19-11)13(14)5-3-4-6-13;/h3-7,14H2,1-2H3;1H. The molecule has 2 aromatic heterocycles. The Kier molecular flexibility index (Phi) is 4.15. The van der Waals surface area contributed by atoms with Crippen molar-refractivity contribution in [1.29, 1.82) is 0 Å². The van der Waals surface area contributed by atoms with Crippen LogP contribution in [0.5, 0.6) is 0 Å². The van der Waals surface area contributed by atoms with Gasteiger partial charge in [0.2, 0.25) is 5.89 Å². The van der Waals surface area contributed by atoms with Gasteiger partial charge < -0.3 is 14.8 Å². The first kappa shape index (κ1) is 15.0. The van der Waals surface area contributed by atoms with Gasteiger partial charge in [-0.3, -0.25) is 0 Å². The van der Waals surface area contributed by atoms with Crippen LogP contribution in [-0.2, 0) is 12.0 Å². The van der Waals surface area contributed by atoms with Gasteiger partial charge in [0, 0.05) is 5.56 Å². The monoisotopic (exact) mass is 298 g/mol. The maximum absolute atomic E-state index is 6.31. The molecule has 6 nitrogen and oxygen atoms in total. The molecule has 0 aromatic carbocycles. The molecule has 0 bridgehead atoms. The highest BCUT2D eigenvalue weighted by Crippen LogP contribution is 2.34. The molecule has 0 aliphatic heterocycles. The van der Waals surface area contributed by atoms with Crippen molar-refractivity contribution in [1.82, 2.24) is 15.3 Å². The predicted octanol–water partition coefficient (Wildman–Crippen LogP) is 2.42. The van der Waals surface area contributed by atoms with E-state index in [-0.39, 0.29) is 12.4 Å². The molecule has 0 atom stereocenters. The lowest BCUT2D eigenvalue weighted by Crippen LogP contribution is -2.34. The third kappa shape index (κ3) is 2.58. The highest BCUT2D eigenvalue weighted by molar-refractivity contribution is 5.85. The molecule has 0 saturated heterocycles. The minimum Gasteiger partial charge on any atom is -0.361 e. The molecular weight excluding hydrogens is 280 g/mol. The summed E-state index contributed by atoms with van der Waals surface area (Å²) in [6.07, 6.45) is 4.66. The highest BCUT2D eigenvalue weighted by atomic mass is 35.5. The van der Waals surface area contributed by atoms with Crippen molar-refractivity contribution in [2.24, 2.45) is 5.73 Å². The zero-order valence-electron chi connectivity index (χ0n) is 11.7. The Morgan fingerprint density at radius 1 is 1.15 bits per heavy atom. The third-order valence-electron chi connectivity index (χ3n) is 3.92. The molecule has 0 amide bonds. The Balaban J connectivity index is 0.00000147. The largest absolute Gasteiger partial charge is 0.361 e. The van der Waals surface area contributed by atoms with Gasteiger partial charge in [0.25, 0.3) is 0 Å². The summed E-state index contributed by atoms with van der Waals surface area (Å²) in [5, 5.41) is 7.97. The predicted molar refractivity (Wildman–Crippen MR) is 74.7 cm³/mol. The summed E-state index contributed by atoms with van der Waals surface area (Å²) in [7, 11) is 0. The zero-order valence-corrected chi connectivity index (χ0v) is 12.5. The number of aromatic nitrogens is 3. The molecule has 0 radical (unpaired) electrons. The van der Waals surface area contributed by atoms with E-state index in [2.05, 4.69) is 15.3 Å². The minimum absolute atomic E-state index is 0. The van der Waals surface area contributed by atoms with Gasteiger partial charge >= 0.3 is 0 Å². The van der Waals surface area contributed by atoms with Crippen LogP contribution in [0.1, 0.15) is 54.4 Å². The van der Waals surface area contributed by atoms with Crippen molar-refractivity contribution >= 4 is 12.4 Å². The molecule has 1 aliphatic carbocycles. The van der Waals surface area contributed by atoms with Gasteiger partial charge in [0.15, 0.2) is 5.82 Å². The van der Waals surface area contributed by atoms with E-state index in [4.69, 9.17) is 14.8 Å². The van der Waals surface area contributed by atoms with E-state index < -0.39 is 5.54 Å². The quantitative estimate of drug-likeness (QED) is 0.935. The lowest BCUT2D eigenvalue weighted by atomic mass is 9.99. The smallest absolute Gasteiger partial charge is 0.231 e. The van der Waals surface area contributed by atoms with E-state index in [9.17, 15) is 0 Å². The second-order valence-electron chi connectivity index (χ2n) is 5.35. The fourth-order valence-electron chi connectivity index (χ4n) is 2.66. The van der Waals surface area contributed by atoms with E-state index in [0.29, 0.717) is 18.1 Å². The van der Waals surface area contributed by atoms with Crippen LogP contribution >= 0.6 is 12.4 Å². The molecule has 20 heavy (non-hydrogen) atoms. The molecule has 2 heterocycles. The van der Waals surface area contributed by atoms with Crippen molar-refractivity contribution in [3.63, 3.8) is 0 Å². The molecule has 2 N–H and O–H groups in total. The van der Waals surface area contributed by atoms with E-state index in [0.717, 1.165) is 42.7 Å². The number of nitrogens with two attached hydrogens (primary N) is 1. The molecule has 1 fully saturated rings. The van der Waals surface area contributed by atoms with Crippen LogP contribution in [-0.4, -0.2) is 15.3 Å². The summed E-state index contributed by atoms with van der Waals surface area (Å²) in [4.78, 5) is 4.45. The Labute approximate surface area is 123 Å². The average Bonchev–Trinajstić information content (AvgIpc) is 3.07. The SMILES string of the molecule is Cc1noc(C)c1Cc1nc(C2(N)CCCC2)no1.Cl. The first-order valence-electron chi connectivity index (χ1n) is 6.62. The second kappa shape index (κ2) is 5.54. The van der Waals surface area contributed by atoms with Gasteiger partial charge in [-0.2, -0.15) is 4.98 Å². The highest BCUT2D eigenvalue weighted by Gasteiger charge is 2.36. The van der Waals surface area contributed by atoms with Gasteiger partial charge in [-0.05, 0) is 26.7 Å². The van der Waals surface area contributed by atoms with Gasteiger partial charge in [0.1, 0.15) is 5.76 Å². The van der Waals surface area contributed by atoms with E-state index in [1.54, 1.807) is 0 Å². The van der Waals surface area contributed by atoms with Crippen LogP contribution in [0, 0.1) is 13.8 Å². The first-order chi connectivity index (χ1) is 9.08. The van der Waals surface area contributed by atoms with Gasteiger partial charge in [-0.15, -0.1) is 12.4 Å². The fourth-order valence-corrected chi connectivity index (χ4v) is 2.66. The number of aryl methyl sites for hydroxylation is 2. The first-order valence-corrected chi connectivity index (χ1v) is 6.62. The van der Waals surface area contributed by atoms with Crippen molar-refractivity contribution in [2.75, 3.05) is 0 Å². The number of hydrogen-bond donors (Lipinski definition) is 1. The van der Waals surface area contributed by atoms with Crippen molar-refractivity contribution in [3.8, 4) is 0 Å². The zero-order chi connectivity index (χ0) is 13.5. The van der Waals surface area contributed by atoms with Crippen LogP contribution in [0.2, 0.25) is 0 Å². The van der Waals surface area contributed by atoms with Gasteiger partial charge in [0.05, 0.1) is 17.7 Å². The van der Waals surface area contributed by atoms with Crippen molar-refractivity contribution in [3.05, 3.63) is 28.7 Å². The van der Waals surface area contributed by atoms with Crippen LogP contribution in [0.3, 0.4) is 0 Å². The molecular formula is C13H19ClN4O2. The number of hydrogen-bond acceptors (Lipinski definition) is 6. The number of rotatable bonds is 3. The fraction of sp³-hybridized carbons (Fsp3) is 0.615. The minimum atomic E-state index is -0.402. The lowest BCUT2D eigenvalue weighted by Gasteiger charge is -2.17. The van der Waals surface area contributed by atoms with Crippen LogP contribution in [0.4, 0.5) is 0 Å².